The van der Waals surface area contributed by atoms with E-state index in [0.717, 1.165) is 17.0 Å². The van der Waals surface area contributed by atoms with Crippen molar-refractivity contribution in [1.82, 2.24) is 19.6 Å². The summed E-state index contributed by atoms with van der Waals surface area (Å²) in [5.74, 6) is 0.228. The quantitative estimate of drug-likeness (QED) is 0.359. The van der Waals surface area contributed by atoms with Crippen LogP contribution in [0.2, 0.25) is 0 Å². The summed E-state index contributed by atoms with van der Waals surface area (Å²) >= 11 is 1.31. The number of Topliss-reactive ketones (excluding diaryl/α,β-unsaturated/α-hetero) is 1. The van der Waals surface area contributed by atoms with Crippen LogP contribution in [0.3, 0.4) is 0 Å². The summed E-state index contributed by atoms with van der Waals surface area (Å²) in [5.41, 5.74) is 3.75. The number of carbonyl (C=O) groups is 2. The highest BCUT2D eigenvalue weighted by Gasteiger charge is 2.25. The molecule has 0 aliphatic rings. The standard InChI is InChI=1S/C23H21N5O2S/c1-14-12-15(2)28-22(24-14)26-27-23(28)31-20(17-8-5-4-6-9-17)21(30)25-19-11-7-10-18(13-19)16(3)29/h4-13,20H,1-3H3,(H,25,30)/t20-/m1/s1. The second-order valence-electron chi connectivity index (χ2n) is 7.19. The molecule has 0 aliphatic heterocycles. The van der Waals surface area contributed by atoms with E-state index in [2.05, 4.69) is 20.5 Å². The van der Waals surface area contributed by atoms with Gasteiger partial charge in [-0.05, 0) is 44.5 Å². The molecule has 8 heteroatoms. The number of amides is 1. The fraction of sp³-hybridized carbons (Fsp3) is 0.174. The van der Waals surface area contributed by atoms with Crippen LogP contribution >= 0.6 is 11.8 Å². The summed E-state index contributed by atoms with van der Waals surface area (Å²) in [6, 6.07) is 18.4. The number of benzene rings is 2. The molecule has 1 atom stereocenters. The van der Waals surface area contributed by atoms with E-state index in [4.69, 9.17) is 0 Å². The molecule has 0 radical (unpaired) electrons. The number of nitrogens with zero attached hydrogens (tertiary/aromatic N) is 4. The van der Waals surface area contributed by atoms with Gasteiger partial charge in [0.05, 0.1) is 0 Å². The number of aromatic nitrogens is 4. The Balaban J connectivity index is 1.68. The van der Waals surface area contributed by atoms with Crippen molar-refractivity contribution in [2.75, 3.05) is 5.32 Å². The maximum absolute atomic E-state index is 13.3. The Morgan fingerprint density at radius 1 is 1.00 bits per heavy atom. The largest absolute Gasteiger partial charge is 0.325 e. The molecule has 4 rings (SSSR count). The van der Waals surface area contributed by atoms with Crippen LogP contribution in [0.25, 0.3) is 5.78 Å². The molecule has 2 heterocycles. The average molecular weight is 432 g/mol. The Morgan fingerprint density at radius 3 is 2.52 bits per heavy atom. The Labute approximate surface area is 183 Å². The van der Waals surface area contributed by atoms with Gasteiger partial charge in [0, 0.05) is 22.6 Å². The van der Waals surface area contributed by atoms with Crippen LogP contribution in [0.4, 0.5) is 5.69 Å². The molecule has 0 bridgehead atoms. The van der Waals surface area contributed by atoms with E-state index >= 15 is 0 Å². The third-order valence-corrected chi connectivity index (χ3v) is 5.96. The predicted octanol–water partition coefficient (Wildman–Crippen LogP) is 4.42. The van der Waals surface area contributed by atoms with E-state index in [-0.39, 0.29) is 11.7 Å². The van der Waals surface area contributed by atoms with Gasteiger partial charge in [0.25, 0.3) is 5.78 Å². The zero-order chi connectivity index (χ0) is 22.0. The minimum absolute atomic E-state index is 0.0571. The van der Waals surface area contributed by atoms with Crippen LogP contribution in [0.15, 0.2) is 65.8 Å². The third kappa shape index (κ3) is 4.49. The number of rotatable bonds is 6. The summed E-state index contributed by atoms with van der Waals surface area (Å²) in [6.07, 6.45) is 0. The topological polar surface area (TPSA) is 89.2 Å². The fourth-order valence-corrected chi connectivity index (χ4v) is 4.40. The second-order valence-corrected chi connectivity index (χ2v) is 8.26. The first-order chi connectivity index (χ1) is 14.9. The summed E-state index contributed by atoms with van der Waals surface area (Å²) in [7, 11) is 0. The van der Waals surface area contributed by atoms with Crippen LogP contribution in [0, 0.1) is 13.8 Å². The number of fused-ring (bicyclic) bond motifs is 1. The molecule has 31 heavy (non-hydrogen) atoms. The van der Waals surface area contributed by atoms with Crippen molar-refractivity contribution in [2.24, 2.45) is 0 Å². The lowest BCUT2D eigenvalue weighted by Gasteiger charge is -2.17. The second kappa shape index (κ2) is 8.69. The van der Waals surface area contributed by atoms with Gasteiger partial charge in [0.15, 0.2) is 10.9 Å². The minimum Gasteiger partial charge on any atom is -0.325 e. The molecule has 0 saturated carbocycles. The van der Waals surface area contributed by atoms with E-state index in [1.807, 2.05) is 54.6 Å². The number of aryl methyl sites for hydroxylation is 2. The molecular formula is C23H21N5O2S. The maximum Gasteiger partial charge on any atom is 0.256 e. The SMILES string of the molecule is CC(=O)c1cccc(NC(=O)[C@H](Sc2nnc3nc(C)cc(C)n23)c2ccccc2)c1. The molecule has 0 spiro atoms. The maximum atomic E-state index is 13.3. The summed E-state index contributed by atoms with van der Waals surface area (Å²) in [5, 5.41) is 11.4. The normalized spacial score (nSPS) is 12.0. The lowest BCUT2D eigenvalue weighted by Crippen LogP contribution is -2.19. The van der Waals surface area contributed by atoms with Crippen molar-refractivity contribution >= 4 is 34.9 Å². The zero-order valence-electron chi connectivity index (χ0n) is 17.4. The van der Waals surface area contributed by atoms with Crippen LogP contribution in [0.5, 0.6) is 0 Å². The number of hydrogen-bond donors (Lipinski definition) is 1. The Bertz CT molecular complexity index is 1270. The van der Waals surface area contributed by atoms with Gasteiger partial charge in [-0.15, -0.1) is 10.2 Å². The fourth-order valence-electron chi connectivity index (χ4n) is 3.31. The van der Waals surface area contributed by atoms with E-state index < -0.39 is 5.25 Å². The van der Waals surface area contributed by atoms with Gasteiger partial charge >= 0.3 is 0 Å². The zero-order valence-corrected chi connectivity index (χ0v) is 18.2. The molecule has 4 aromatic rings. The third-order valence-electron chi connectivity index (χ3n) is 4.76. The van der Waals surface area contributed by atoms with Crippen molar-refractivity contribution in [3.63, 3.8) is 0 Å². The van der Waals surface area contributed by atoms with Crippen LogP contribution in [-0.2, 0) is 4.79 Å². The van der Waals surface area contributed by atoms with Crippen molar-refractivity contribution in [2.45, 2.75) is 31.2 Å². The van der Waals surface area contributed by atoms with E-state index in [1.165, 1.54) is 18.7 Å². The first kappa shape index (κ1) is 20.7. The van der Waals surface area contributed by atoms with E-state index in [1.54, 1.807) is 24.3 Å². The predicted molar refractivity (Wildman–Crippen MR) is 120 cm³/mol. The van der Waals surface area contributed by atoms with Crippen LogP contribution < -0.4 is 5.32 Å². The molecule has 0 fully saturated rings. The molecule has 0 aliphatic carbocycles. The lowest BCUT2D eigenvalue weighted by molar-refractivity contribution is -0.115. The van der Waals surface area contributed by atoms with Crippen molar-refractivity contribution in [3.05, 3.63) is 83.2 Å². The summed E-state index contributed by atoms with van der Waals surface area (Å²) < 4.78 is 1.84. The highest BCUT2D eigenvalue weighted by Crippen LogP contribution is 2.35. The van der Waals surface area contributed by atoms with Crippen molar-refractivity contribution in [3.8, 4) is 0 Å². The molecule has 7 nitrogen and oxygen atoms in total. The Kier molecular flexibility index (Phi) is 5.81. The highest BCUT2D eigenvalue weighted by molar-refractivity contribution is 8.00. The van der Waals surface area contributed by atoms with Gasteiger partial charge in [0.1, 0.15) is 5.25 Å². The molecule has 2 aromatic carbocycles. The van der Waals surface area contributed by atoms with Gasteiger partial charge < -0.3 is 5.32 Å². The molecule has 0 saturated heterocycles. The van der Waals surface area contributed by atoms with E-state index in [9.17, 15) is 9.59 Å². The summed E-state index contributed by atoms with van der Waals surface area (Å²) in [6.45, 7) is 5.36. The van der Waals surface area contributed by atoms with E-state index in [0.29, 0.717) is 22.2 Å². The first-order valence-electron chi connectivity index (χ1n) is 9.75. The molecule has 1 N–H and O–H groups in total. The van der Waals surface area contributed by atoms with Crippen molar-refractivity contribution < 1.29 is 9.59 Å². The lowest BCUT2D eigenvalue weighted by atomic mass is 10.1. The van der Waals surface area contributed by atoms with Crippen molar-refractivity contribution in [1.29, 1.82) is 0 Å². The smallest absolute Gasteiger partial charge is 0.256 e. The Morgan fingerprint density at radius 2 is 1.77 bits per heavy atom. The number of ketones is 1. The summed E-state index contributed by atoms with van der Waals surface area (Å²) in [4.78, 5) is 29.4. The number of anilines is 1. The number of thioether (sulfide) groups is 1. The molecule has 0 unspecified atom stereocenters. The average Bonchev–Trinajstić information content (AvgIpc) is 3.15. The molecular weight excluding hydrogens is 410 g/mol. The molecule has 1 amide bonds. The molecule has 2 aromatic heterocycles. The number of carbonyl (C=O) groups excluding carboxylic acids is 2. The number of nitrogens with one attached hydrogen (secondary N) is 1. The van der Waals surface area contributed by atoms with Crippen LogP contribution in [-0.4, -0.2) is 31.3 Å². The van der Waals surface area contributed by atoms with Crippen LogP contribution in [0.1, 0.15) is 39.5 Å². The van der Waals surface area contributed by atoms with Gasteiger partial charge in [-0.3, -0.25) is 14.0 Å². The minimum atomic E-state index is -0.574. The van der Waals surface area contributed by atoms with Gasteiger partial charge in [-0.1, -0.05) is 54.2 Å². The highest BCUT2D eigenvalue weighted by atomic mass is 32.2. The van der Waals surface area contributed by atoms with Gasteiger partial charge in [0.2, 0.25) is 5.91 Å². The van der Waals surface area contributed by atoms with Gasteiger partial charge in [-0.25, -0.2) is 4.98 Å². The first-order valence-corrected chi connectivity index (χ1v) is 10.6. The monoisotopic (exact) mass is 431 g/mol. The Hall–Kier alpha value is -3.52. The van der Waals surface area contributed by atoms with Gasteiger partial charge in [-0.2, -0.15) is 0 Å². The number of hydrogen-bond acceptors (Lipinski definition) is 6. The molecule has 156 valence electrons.